The third-order valence-electron chi connectivity index (χ3n) is 4.01. The van der Waals surface area contributed by atoms with Gasteiger partial charge < -0.3 is 11.1 Å². The van der Waals surface area contributed by atoms with Crippen molar-refractivity contribution in [1.82, 2.24) is 10.2 Å². The lowest BCUT2D eigenvalue weighted by atomic mass is 9.86. The smallest absolute Gasteiger partial charge is 0.237 e. The number of nitrogens with two attached hydrogens (primary N) is 1. The SMILES string of the molecule is CC(C)(C)C(N)C(=O)NC1CCN(C(C)(C)C)CC1. The molecule has 1 aliphatic rings. The molecule has 0 aromatic heterocycles. The average molecular weight is 269 g/mol. The molecule has 0 aromatic carbocycles. The number of rotatable bonds is 2. The third kappa shape index (κ3) is 4.77. The van der Waals surface area contributed by atoms with Crippen molar-refractivity contribution < 1.29 is 4.79 Å². The second-order valence-corrected chi connectivity index (χ2v) is 7.78. The van der Waals surface area contributed by atoms with Gasteiger partial charge in [-0.15, -0.1) is 0 Å². The molecule has 1 atom stereocenters. The molecule has 3 N–H and O–H groups in total. The molecular weight excluding hydrogens is 238 g/mol. The molecule has 4 nitrogen and oxygen atoms in total. The molecule has 0 aliphatic carbocycles. The summed E-state index contributed by atoms with van der Waals surface area (Å²) in [5.74, 6) is -0.0123. The summed E-state index contributed by atoms with van der Waals surface area (Å²) in [4.78, 5) is 14.6. The summed E-state index contributed by atoms with van der Waals surface area (Å²) in [6.45, 7) is 14.8. The second-order valence-electron chi connectivity index (χ2n) is 7.78. The molecule has 0 saturated carbocycles. The highest BCUT2D eigenvalue weighted by Gasteiger charge is 2.31. The number of piperidine rings is 1. The Morgan fingerprint density at radius 1 is 1.16 bits per heavy atom. The van der Waals surface area contributed by atoms with E-state index < -0.39 is 6.04 Å². The van der Waals surface area contributed by atoms with Crippen molar-refractivity contribution in [3.8, 4) is 0 Å². The zero-order chi connectivity index (χ0) is 14.8. The number of hydrogen-bond donors (Lipinski definition) is 2. The van der Waals surface area contributed by atoms with E-state index in [4.69, 9.17) is 5.73 Å². The second kappa shape index (κ2) is 5.80. The Kier molecular flexibility index (Phi) is 5.02. The largest absolute Gasteiger partial charge is 0.352 e. The monoisotopic (exact) mass is 269 g/mol. The molecule has 1 heterocycles. The Morgan fingerprint density at radius 3 is 2.00 bits per heavy atom. The number of hydrogen-bond acceptors (Lipinski definition) is 3. The van der Waals surface area contributed by atoms with Gasteiger partial charge in [0.2, 0.25) is 5.91 Å². The summed E-state index contributed by atoms with van der Waals surface area (Å²) >= 11 is 0. The summed E-state index contributed by atoms with van der Waals surface area (Å²) in [6.07, 6.45) is 2.03. The first kappa shape index (κ1) is 16.4. The first-order valence-corrected chi connectivity index (χ1v) is 7.33. The number of carbonyl (C=O) groups is 1. The molecule has 1 amide bonds. The van der Waals surface area contributed by atoms with Crippen LogP contribution >= 0.6 is 0 Å². The first-order valence-electron chi connectivity index (χ1n) is 7.33. The highest BCUT2D eigenvalue weighted by Crippen LogP contribution is 2.21. The van der Waals surface area contributed by atoms with Crippen molar-refractivity contribution in [2.24, 2.45) is 11.1 Å². The van der Waals surface area contributed by atoms with E-state index in [0.29, 0.717) is 0 Å². The highest BCUT2D eigenvalue weighted by atomic mass is 16.2. The van der Waals surface area contributed by atoms with E-state index in [2.05, 4.69) is 31.0 Å². The minimum absolute atomic E-state index is 0.0123. The predicted molar refractivity (Wildman–Crippen MR) is 79.9 cm³/mol. The Labute approximate surface area is 118 Å². The molecule has 0 radical (unpaired) electrons. The van der Waals surface area contributed by atoms with Gasteiger partial charge in [0.25, 0.3) is 0 Å². The van der Waals surface area contributed by atoms with Gasteiger partial charge in [-0.2, -0.15) is 0 Å². The van der Waals surface area contributed by atoms with Crippen molar-refractivity contribution in [3.63, 3.8) is 0 Å². The number of nitrogens with one attached hydrogen (secondary N) is 1. The van der Waals surface area contributed by atoms with Gasteiger partial charge in [-0.05, 0) is 39.0 Å². The molecule has 1 rings (SSSR count). The molecule has 1 unspecified atom stereocenters. The quantitative estimate of drug-likeness (QED) is 0.803. The lowest BCUT2D eigenvalue weighted by Gasteiger charge is -2.41. The van der Waals surface area contributed by atoms with Crippen LogP contribution in [0.5, 0.6) is 0 Å². The fourth-order valence-corrected chi connectivity index (χ4v) is 2.38. The number of nitrogens with zero attached hydrogens (tertiary/aromatic N) is 1. The van der Waals surface area contributed by atoms with Crippen molar-refractivity contribution in [2.45, 2.75) is 72.0 Å². The number of amides is 1. The Hall–Kier alpha value is -0.610. The maximum atomic E-state index is 12.1. The maximum absolute atomic E-state index is 12.1. The van der Waals surface area contributed by atoms with Crippen LogP contribution in [0.1, 0.15) is 54.4 Å². The topological polar surface area (TPSA) is 58.4 Å². The van der Waals surface area contributed by atoms with Gasteiger partial charge in [0.05, 0.1) is 6.04 Å². The van der Waals surface area contributed by atoms with E-state index in [1.54, 1.807) is 0 Å². The minimum atomic E-state index is -0.437. The van der Waals surface area contributed by atoms with Crippen molar-refractivity contribution in [3.05, 3.63) is 0 Å². The molecule has 1 saturated heterocycles. The van der Waals surface area contributed by atoms with Crippen LogP contribution in [0.2, 0.25) is 0 Å². The lowest BCUT2D eigenvalue weighted by molar-refractivity contribution is -0.125. The van der Waals surface area contributed by atoms with E-state index in [1.807, 2.05) is 20.8 Å². The Balaban J connectivity index is 2.44. The van der Waals surface area contributed by atoms with Gasteiger partial charge in [-0.1, -0.05) is 20.8 Å². The van der Waals surface area contributed by atoms with Crippen LogP contribution in [0, 0.1) is 5.41 Å². The minimum Gasteiger partial charge on any atom is -0.352 e. The number of likely N-dealkylation sites (tertiary alicyclic amines) is 1. The van der Waals surface area contributed by atoms with Crippen LogP contribution in [-0.2, 0) is 4.79 Å². The molecule has 112 valence electrons. The summed E-state index contributed by atoms with van der Waals surface area (Å²) in [5.41, 5.74) is 6.02. The Morgan fingerprint density at radius 2 is 1.63 bits per heavy atom. The predicted octanol–water partition coefficient (Wildman–Crippen LogP) is 1.74. The van der Waals surface area contributed by atoms with Crippen molar-refractivity contribution in [2.75, 3.05) is 13.1 Å². The van der Waals surface area contributed by atoms with Crippen LogP contribution < -0.4 is 11.1 Å². The zero-order valence-electron chi connectivity index (χ0n) is 13.4. The van der Waals surface area contributed by atoms with Crippen LogP contribution in [-0.4, -0.2) is 41.5 Å². The summed E-state index contributed by atoms with van der Waals surface area (Å²) < 4.78 is 0. The molecule has 0 aromatic rings. The fraction of sp³-hybridized carbons (Fsp3) is 0.933. The molecule has 0 bridgehead atoms. The lowest BCUT2D eigenvalue weighted by Crippen LogP contribution is -2.55. The fourth-order valence-electron chi connectivity index (χ4n) is 2.38. The van der Waals surface area contributed by atoms with Crippen LogP contribution in [0.3, 0.4) is 0 Å². The van der Waals surface area contributed by atoms with Crippen LogP contribution in [0.4, 0.5) is 0 Å². The summed E-state index contributed by atoms with van der Waals surface area (Å²) in [6, 6.07) is -0.160. The number of carbonyl (C=O) groups excluding carboxylic acids is 1. The van der Waals surface area contributed by atoms with Gasteiger partial charge >= 0.3 is 0 Å². The zero-order valence-corrected chi connectivity index (χ0v) is 13.4. The van der Waals surface area contributed by atoms with E-state index in [9.17, 15) is 4.79 Å². The van der Waals surface area contributed by atoms with E-state index in [0.717, 1.165) is 25.9 Å². The van der Waals surface area contributed by atoms with Crippen molar-refractivity contribution >= 4 is 5.91 Å². The highest BCUT2D eigenvalue weighted by molar-refractivity contribution is 5.82. The summed E-state index contributed by atoms with van der Waals surface area (Å²) in [5, 5.41) is 3.11. The normalized spacial score (nSPS) is 21.2. The molecule has 1 fully saturated rings. The summed E-state index contributed by atoms with van der Waals surface area (Å²) in [7, 11) is 0. The molecule has 4 heteroatoms. The average Bonchev–Trinajstić information content (AvgIpc) is 2.26. The first-order chi connectivity index (χ1) is 8.51. The van der Waals surface area contributed by atoms with Crippen molar-refractivity contribution in [1.29, 1.82) is 0 Å². The molecule has 1 aliphatic heterocycles. The van der Waals surface area contributed by atoms with Gasteiger partial charge in [-0.25, -0.2) is 0 Å². The van der Waals surface area contributed by atoms with Gasteiger partial charge in [0.15, 0.2) is 0 Å². The Bertz CT molecular complexity index is 306. The van der Waals surface area contributed by atoms with Crippen LogP contribution in [0.25, 0.3) is 0 Å². The van der Waals surface area contributed by atoms with E-state index in [1.165, 1.54) is 0 Å². The maximum Gasteiger partial charge on any atom is 0.237 e. The standard InChI is InChI=1S/C15H31N3O/c1-14(2,3)12(16)13(19)17-11-7-9-18(10-8-11)15(4,5)6/h11-12H,7-10,16H2,1-6H3,(H,17,19). The van der Waals surface area contributed by atoms with Gasteiger partial charge in [0.1, 0.15) is 0 Å². The van der Waals surface area contributed by atoms with E-state index >= 15 is 0 Å². The van der Waals surface area contributed by atoms with E-state index in [-0.39, 0.29) is 22.9 Å². The van der Waals surface area contributed by atoms with Gasteiger partial charge in [0, 0.05) is 24.7 Å². The van der Waals surface area contributed by atoms with Crippen LogP contribution in [0.15, 0.2) is 0 Å². The molecule has 19 heavy (non-hydrogen) atoms. The molecule has 0 spiro atoms. The van der Waals surface area contributed by atoms with Gasteiger partial charge in [-0.3, -0.25) is 9.69 Å². The molecular formula is C15H31N3O. The third-order valence-corrected chi connectivity index (χ3v) is 4.01.